The highest BCUT2D eigenvalue weighted by Gasteiger charge is 2.10. The summed E-state index contributed by atoms with van der Waals surface area (Å²) < 4.78 is 16.5. The largest absolute Gasteiger partial charge is 0.540 e. The van der Waals surface area contributed by atoms with E-state index < -0.39 is 8.03 Å². The first kappa shape index (κ1) is 12.1. The average molecular weight is 223 g/mol. The molecule has 1 atom stereocenters. The Morgan fingerprint density at radius 1 is 1.33 bits per heavy atom. The van der Waals surface area contributed by atoms with Crippen molar-refractivity contribution in [3.05, 3.63) is 41.7 Å². The summed E-state index contributed by atoms with van der Waals surface area (Å²) in [4.78, 5) is 0. The van der Waals surface area contributed by atoms with Gasteiger partial charge in [-0.05, 0) is 22.6 Å². The Labute approximate surface area is 91.8 Å². The topological polar surface area (TPSA) is 26.3 Å². The molecule has 0 aliphatic heterocycles. The van der Waals surface area contributed by atoms with E-state index in [1.54, 1.807) is 5.82 Å². The Kier molecular flexibility index (Phi) is 5.91. The summed E-state index contributed by atoms with van der Waals surface area (Å²) >= 11 is 0. The van der Waals surface area contributed by atoms with E-state index in [4.69, 9.17) is 4.52 Å². The lowest BCUT2D eigenvalue weighted by Gasteiger charge is -1.88. The van der Waals surface area contributed by atoms with Gasteiger partial charge in [-0.15, -0.1) is 4.52 Å². The van der Waals surface area contributed by atoms with Crippen molar-refractivity contribution >= 4 is 14.1 Å². The molecule has 80 valence electrons. The van der Waals surface area contributed by atoms with Crippen LogP contribution in [0.15, 0.2) is 36.1 Å². The number of benzene rings is 1. The molecule has 15 heavy (non-hydrogen) atoms. The molecule has 0 N–H and O–H groups in total. The third kappa shape index (κ3) is 5.46. The third-order valence-electron chi connectivity index (χ3n) is 1.90. The predicted molar refractivity (Wildman–Crippen MR) is 63.9 cm³/mol. The van der Waals surface area contributed by atoms with E-state index in [9.17, 15) is 4.57 Å². The van der Waals surface area contributed by atoms with Crippen LogP contribution in [-0.2, 0) is 9.09 Å². The molecular formula is C12H16O2P+. The standard InChI is InChI=1S/C12H16O2P/c1-2-3-10-14-15(13)11-9-12-7-5-4-6-8-12/h4-9,11H,2-3,10H2,1H3/q+1. The molecule has 0 amide bonds. The normalized spacial score (nSPS) is 11.9. The van der Waals surface area contributed by atoms with Crippen LogP contribution in [0.4, 0.5) is 0 Å². The van der Waals surface area contributed by atoms with Crippen LogP contribution in [0.3, 0.4) is 0 Å². The van der Waals surface area contributed by atoms with Gasteiger partial charge in [0, 0.05) is 0 Å². The van der Waals surface area contributed by atoms with Gasteiger partial charge in [0.2, 0.25) is 0 Å². The average Bonchev–Trinajstić information content (AvgIpc) is 2.28. The van der Waals surface area contributed by atoms with Crippen LogP contribution in [0.5, 0.6) is 0 Å². The van der Waals surface area contributed by atoms with Gasteiger partial charge in [0.05, 0.1) is 0 Å². The van der Waals surface area contributed by atoms with Gasteiger partial charge >= 0.3 is 8.03 Å². The monoisotopic (exact) mass is 223 g/mol. The lowest BCUT2D eigenvalue weighted by molar-refractivity contribution is 0.326. The summed E-state index contributed by atoms with van der Waals surface area (Å²) in [5.41, 5.74) is 1.04. The molecule has 0 bridgehead atoms. The molecule has 0 saturated carbocycles. The zero-order valence-electron chi connectivity index (χ0n) is 8.93. The quantitative estimate of drug-likeness (QED) is 0.533. The molecule has 0 aromatic heterocycles. The molecule has 1 unspecified atom stereocenters. The molecule has 0 spiro atoms. The van der Waals surface area contributed by atoms with E-state index in [0.29, 0.717) is 6.61 Å². The van der Waals surface area contributed by atoms with Crippen LogP contribution >= 0.6 is 8.03 Å². The van der Waals surface area contributed by atoms with E-state index in [1.165, 1.54) is 0 Å². The minimum Gasteiger partial charge on any atom is -0.142 e. The number of unbranched alkanes of at least 4 members (excludes halogenated alkanes) is 1. The van der Waals surface area contributed by atoms with E-state index in [0.717, 1.165) is 18.4 Å². The Morgan fingerprint density at radius 3 is 2.73 bits per heavy atom. The Balaban J connectivity index is 2.34. The van der Waals surface area contributed by atoms with Crippen LogP contribution in [0, 0.1) is 0 Å². The molecule has 0 saturated heterocycles. The van der Waals surface area contributed by atoms with Crippen LogP contribution in [-0.4, -0.2) is 6.61 Å². The van der Waals surface area contributed by atoms with Gasteiger partial charge in [-0.3, -0.25) is 0 Å². The van der Waals surface area contributed by atoms with Gasteiger partial charge in [-0.1, -0.05) is 43.7 Å². The maximum Gasteiger partial charge on any atom is 0.540 e. The Morgan fingerprint density at radius 2 is 2.07 bits per heavy atom. The molecule has 1 rings (SSSR count). The predicted octanol–water partition coefficient (Wildman–Crippen LogP) is 4.22. The van der Waals surface area contributed by atoms with Crippen molar-refractivity contribution in [1.29, 1.82) is 0 Å². The lowest BCUT2D eigenvalue weighted by atomic mass is 10.2. The molecule has 0 fully saturated rings. The first-order chi connectivity index (χ1) is 7.33. The van der Waals surface area contributed by atoms with Crippen molar-refractivity contribution in [2.75, 3.05) is 6.61 Å². The fourth-order valence-corrected chi connectivity index (χ4v) is 1.74. The maximum atomic E-state index is 11.3. The first-order valence-corrected chi connectivity index (χ1v) is 6.40. The van der Waals surface area contributed by atoms with Gasteiger partial charge in [-0.25, -0.2) is 0 Å². The van der Waals surface area contributed by atoms with Gasteiger partial charge in [0.1, 0.15) is 6.61 Å². The van der Waals surface area contributed by atoms with Crippen LogP contribution in [0.1, 0.15) is 25.3 Å². The van der Waals surface area contributed by atoms with Gasteiger partial charge < -0.3 is 0 Å². The highest BCUT2D eigenvalue weighted by Crippen LogP contribution is 2.25. The molecular weight excluding hydrogens is 207 g/mol. The van der Waals surface area contributed by atoms with E-state index >= 15 is 0 Å². The number of hydrogen-bond acceptors (Lipinski definition) is 2. The minimum absolute atomic E-state index is 0.574. The molecule has 0 radical (unpaired) electrons. The first-order valence-electron chi connectivity index (χ1n) is 5.15. The van der Waals surface area contributed by atoms with Crippen LogP contribution in [0.2, 0.25) is 0 Å². The fraction of sp³-hybridized carbons (Fsp3) is 0.333. The van der Waals surface area contributed by atoms with Crippen LogP contribution < -0.4 is 0 Å². The second-order valence-corrected chi connectivity index (χ2v) is 4.33. The van der Waals surface area contributed by atoms with Gasteiger partial charge in [0.15, 0.2) is 5.82 Å². The minimum atomic E-state index is -1.65. The maximum absolute atomic E-state index is 11.3. The molecule has 3 heteroatoms. The smallest absolute Gasteiger partial charge is 0.142 e. The van der Waals surface area contributed by atoms with Crippen molar-refractivity contribution < 1.29 is 9.09 Å². The molecule has 2 nitrogen and oxygen atoms in total. The zero-order chi connectivity index (χ0) is 10.9. The van der Waals surface area contributed by atoms with E-state index in [-0.39, 0.29) is 0 Å². The molecule has 1 aromatic rings. The second-order valence-electron chi connectivity index (χ2n) is 3.20. The van der Waals surface area contributed by atoms with E-state index in [2.05, 4.69) is 6.92 Å². The Bertz CT molecular complexity index is 320. The van der Waals surface area contributed by atoms with E-state index in [1.807, 2.05) is 36.4 Å². The summed E-state index contributed by atoms with van der Waals surface area (Å²) in [6.45, 7) is 2.65. The Hall–Kier alpha value is -0.980. The summed E-state index contributed by atoms with van der Waals surface area (Å²) in [5, 5.41) is 0. The van der Waals surface area contributed by atoms with Crippen molar-refractivity contribution in [3.8, 4) is 0 Å². The molecule has 0 aliphatic rings. The highest BCUT2D eigenvalue weighted by molar-refractivity contribution is 7.43. The van der Waals surface area contributed by atoms with Crippen molar-refractivity contribution in [2.24, 2.45) is 0 Å². The summed E-state index contributed by atoms with van der Waals surface area (Å²) in [6.07, 6.45) is 3.84. The molecule has 0 heterocycles. The van der Waals surface area contributed by atoms with Crippen molar-refractivity contribution in [3.63, 3.8) is 0 Å². The second kappa shape index (κ2) is 7.33. The van der Waals surface area contributed by atoms with Gasteiger partial charge in [0.25, 0.3) is 0 Å². The van der Waals surface area contributed by atoms with Gasteiger partial charge in [-0.2, -0.15) is 0 Å². The SMILES string of the molecule is CCCCO[P+](=O)C=Cc1ccccc1. The van der Waals surface area contributed by atoms with Crippen molar-refractivity contribution in [1.82, 2.24) is 0 Å². The fourth-order valence-electron chi connectivity index (χ4n) is 1.05. The summed E-state index contributed by atoms with van der Waals surface area (Å²) in [5.74, 6) is 1.61. The third-order valence-corrected chi connectivity index (χ3v) is 2.73. The lowest BCUT2D eigenvalue weighted by Crippen LogP contribution is -1.82. The van der Waals surface area contributed by atoms with Crippen LogP contribution in [0.25, 0.3) is 6.08 Å². The molecule has 1 aromatic carbocycles. The number of hydrogen-bond donors (Lipinski definition) is 0. The zero-order valence-corrected chi connectivity index (χ0v) is 9.82. The summed E-state index contributed by atoms with van der Waals surface area (Å²) in [7, 11) is -1.65. The number of rotatable bonds is 6. The van der Waals surface area contributed by atoms with Crippen molar-refractivity contribution in [2.45, 2.75) is 19.8 Å². The highest BCUT2D eigenvalue weighted by atomic mass is 31.1. The molecule has 0 aliphatic carbocycles. The summed E-state index contributed by atoms with van der Waals surface area (Å²) in [6, 6.07) is 9.78.